The lowest BCUT2D eigenvalue weighted by molar-refractivity contribution is -0.138. The molecule has 2 N–H and O–H groups in total. The number of nitrogens with zero attached hydrogens (tertiary/aromatic N) is 2. The monoisotopic (exact) mass is 229 g/mol. The van der Waals surface area contributed by atoms with E-state index in [-0.39, 0.29) is 23.8 Å². The highest BCUT2D eigenvalue weighted by Gasteiger charge is 2.06. The number of hydrogen-bond acceptors (Lipinski definition) is 4. The topological polar surface area (TPSA) is 92.2 Å². The van der Waals surface area contributed by atoms with Crippen molar-refractivity contribution in [2.75, 3.05) is 5.32 Å². The highest BCUT2D eigenvalue weighted by molar-refractivity contribution is 6.29. The molecular weight excluding hydrogens is 222 g/mol. The number of carboxylic acid groups (broad SMARTS) is 1. The van der Waals surface area contributed by atoms with Gasteiger partial charge in [-0.15, -0.1) is 10.2 Å². The Bertz CT molecular complexity index is 366. The van der Waals surface area contributed by atoms with E-state index in [2.05, 4.69) is 15.5 Å². The lowest BCUT2D eigenvalue weighted by Gasteiger charge is -2.01. The Kier molecular flexibility index (Phi) is 3.99. The van der Waals surface area contributed by atoms with Crippen molar-refractivity contribution in [2.24, 2.45) is 0 Å². The Labute approximate surface area is 90.3 Å². The molecule has 1 rings (SSSR count). The van der Waals surface area contributed by atoms with Crippen molar-refractivity contribution >= 4 is 29.3 Å². The number of hydrogen-bond donors (Lipinski definition) is 2. The summed E-state index contributed by atoms with van der Waals surface area (Å²) >= 11 is 5.49. The highest BCUT2D eigenvalue weighted by Crippen LogP contribution is 2.06. The van der Waals surface area contributed by atoms with E-state index in [1.165, 1.54) is 12.1 Å². The third-order valence-corrected chi connectivity index (χ3v) is 1.67. The molecule has 1 aromatic heterocycles. The van der Waals surface area contributed by atoms with Crippen LogP contribution in [-0.2, 0) is 9.59 Å². The maximum Gasteiger partial charge on any atom is 0.303 e. The van der Waals surface area contributed by atoms with Crippen molar-refractivity contribution in [3.8, 4) is 0 Å². The van der Waals surface area contributed by atoms with Crippen molar-refractivity contribution in [1.82, 2.24) is 10.2 Å². The third kappa shape index (κ3) is 4.37. The van der Waals surface area contributed by atoms with E-state index < -0.39 is 11.9 Å². The molecular formula is C8H8ClN3O3. The number of aromatic nitrogens is 2. The van der Waals surface area contributed by atoms with Gasteiger partial charge in [0.15, 0.2) is 11.0 Å². The van der Waals surface area contributed by atoms with Crippen molar-refractivity contribution in [1.29, 1.82) is 0 Å². The van der Waals surface area contributed by atoms with Gasteiger partial charge in [0.05, 0.1) is 6.42 Å². The molecule has 0 aliphatic rings. The van der Waals surface area contributed by atoms with E-state index in [1.54, 1.807) is 0 Å². The molecule has 80 valence electrons. The van der Waals surface area contributed by atoms with Crippen molar-refractivity contribution in [2.45, 2.75) is 12.8 Å². The minimum atomic E-state index is -1.02. The molecule has 0 saturated heterocycles. The zero-order chi connectivity index (χ0) is 11.3. The first-order chi connectivity index (χ1) is 7.08. The van der Waals surface area contributed by atoms with Crippen LogP contribution >= 0.6 is 11.6 Å². The first kappa shape index (κ1) is 11.4. The fourth-order valence-electron chi connectivity index (χ4n) is 0.808. The lowest BCUT2D eigenvalue weighted by atomic mass is 10.3. The second kappa shape index (κ2) is 5.26. The Morgan fingerprint density at radius 2 is 2.07 bits per heavy atom. The maximum atomic E-state index is 11.1. The van der Waals surface area contributed by atoms with Gasteiger partial charge in [-0.05, 0) is 12.1 Å². The molecule has 0 bridgehead atoms. The minimum Gasteiger partial charge on any atom is -0.481 e. The van der Waals surface area contributed by atoms with Crippen LogP contribution in [0.25, 0.3) is 0 Å². The molecule has 0 aliphatic heterocycles. The Morgan fingerprint density at radius 1 is 1.33 bits per heavy atom. The van der Waals surface area contributed by atoms with Crippen LogP contribution in [0.3, 0.4) is 0 Å². The van der Waals surface area contributed by atoms with Gasteiger partial charge < -0.3 is 10.4 Å². The molecule has 7 heteroatoms. The number of aliphatic carboxylic acids is 1. The molecule has 1 aromatic rings. The SMILES string of the molecule is O=C(O)CCC(=O)Nc1ccc(Cl)nn1. The van der Waals surface area contributed by atoms with Gasteiger partial charge in [0.2, 0.25) is 5.91 Å². The van der Waals surface area contributed by atoms with Crippen molar-refractivity contribution in [3.63, 3.8) is 0 Å². The molecule has 0 aromatic carbocycles. The molecule has 0 unspecified atom stereocenters. The molecule has 0 fully saturated rings. The minimum absolute atomic E-state index is 0.0976. The van der Waals surface area contributed by atoms with Crippen LogP contribution in [0, 0.1) is 0 Å². The third-order valence-electron chi connectivity index (χ3n) is 1.47. The predicted molar refractivity (Wildman–Crippen MR) is 52.5 cm³/mol. The summed E-state index contributed by atoms with van der Waals surface area (Å²) in [6.45, 7) is 0. The van der Waals surface area contributed by atoms with Crippen LogP contribution in [0.5, 0.6) is 0 Å². The fraction of sp³-hybridized carbons (Fsp3) is 0.250. The first-order valence-corrected chi connectivity index (χ1v) is 4.46. The van der Waals surface area contributed by atoms with Crippen LogP contribution in [0.1, 0.15) is 12.8 Å². The predicted octanol–water partition coefficient (Wildman–Crippen LogP) is 0.933. The number of amides is 1. The van der Waals surface area contributed by atoms with Gasteiger partial charge in [0.25, 0.3) is 0 Å². The summed E-state index contributed by atoms with van der Waals surface area (Å²) in [5, 5.41) is 18.0. The summed E-state index contributed by atoms with van der Waals surface area (Å²) in [7, 11) is 0. The summed E-state index contributed by atoms with van der Waals surface area (Å²) in [6, 6.07) is 2.95. The molecule has 15 heavy (non-hydrogen) atoms. The van der Waals surface area contributed by atoms with E-state index in [9.17, 15) is 9.59 Å². The van der Waals surface area contributed by atoms with Crippen LogP contribution < -0.4 is 5.32 Å². The molecule has 0 atom stereocenters. The van der Waals surface area contributed by atoms with Crippen LogP contribution in [0.15, 0.2) is 12.1 Å². The molecule has 0 aliphatic carbocycles. The van der Waals surface area contributed by atoms with Gasteiger partial charge in [-0.3, -0.25) is 9.59 Å². The number of halogens is 1. The number of anilines is 1. The Morgan fingerprint density at radius 3 is 2.60 bits per heavy atom. The standard InChI is InChI=1S/C8H8ClN3O3/c9-5-1-2-6(12-11-5)10-7(13)3-4-8(14)15/h1-2H,3-4H2,(H,14,15)(H,10,12,13). The van der Waals surface area contributed by atoms with Crippen molar-refractivity contribution in [3.05, 3.63) is 17.3 Å². The van der Waals surface area contributed by atoms with Crippen LogP contribution in [0.2, 0.25) is 5.15 Å². The first-order valence-electron chi connectivity index (χ1n) is 4.09. The Balaban J connectivity index is 2.44. The number of carbonyl (C=O) groups excluding carboxylic acids is 1. The molecule has 0 spiro atoms. The lowest BCUT2D eigenvalue weighted by Crippen LogP contribution is -2.14. The highest BCUT2D eigenvalue weighted by atomic mass is 35.5. The van der Waals surface area contributed by atoms with Crippen LogP contribution in [0.4, 0.5) is 5.82 Å². The fourth-order valence-corrected chi connectivity index (χ4v) is 0.909. The Hall–Kier alpha value is -1.69. The molecule has 0 saturated carbocycles. The van der Waals surface area contributed by atoms with E-state index in [0.29, 0.717) is 0 Å². The second-order valence-electron chi connectivity index (χ2n) is 2.68. The summed E-state index contributed by atoms with van der Waals surface area (Å²) in [4.78, 5) is 21.3. The van der Waals surface area contributed by atoms with E-state index in [4.69, 9.17) is 16.7 Å². The second-order valence-corrected chi connectivity index (χ2v) is 3.07. The summed E-state index contributed by atoms with van der Waals surface area (Å²) in [6.07, 6.45) is -0.313. The van der Waals surface area contributed by atoms with E-state index >= 15 is 0 Å². The van der Waals surface area contributed by atoms with E-state index in [0.717, 1.165) is 0 Å². The summed E-state index contributed by atoms with van der Waals surface area (Å²) in [5.41, 5.74) is 0. The smallest absolute Gasteiger partial charge is 0.303 e. The maximum absolute atomic E-state index is 11.1. The molecule has 1 heterocycles. The number of carboxylic acids is 1. The molecule has 6 nitrogen and oxygen atoms in total. The van der Waals surface area contributed by atoms with Gasteiger partial charge in [0.1, 0.15) is 0 Å². The normalized spacial score (nSPS) is 9.67. The average Bonchev–Trinajstić information content (AvgIpc) is 2.19. The summed E-state index contributed by atoms with van der Waals surface area (Å²) in [5.74, 6) is -1.20. The average molecular weight is 230 g/mol. The van der Waals surface area contributed by atoms with Crippen molar-refractivity contribution < 1.29 is 14.7 Å². The molecule has 0 radical (unpaired) electrons. The van der Waals surface area contributed by atoms with Gasteiger partial charge >= 0.3 is 5.97 Å². The number of rotatable bonds is 4. The zero-order valence-corrected chi connectivity index (χ0v) is 8.36. The van der Waals surface area contributed by atoms with E-state index in [1.807, 2.05) is 0 Å². The van der Waals surface area contributed by atoms with Gasteiger partial charge in [0, 0.05) is 6.42 Å². The number of carbonyl (C=O) groups is 2. The largest absolute Gasteiger partial charge is 0.481 e. The molecule has 1 amide bonds. The van der Waals surface area contributed by atoms with Gasteiger partial charge in [-0.2, -0.15) is 0 Å². The quantitative estimate of drug-likeness (QED) is 0.801. The van der Waals surface area contributed by atoms with Crippen LogP contribution in [-0.4, -0.2) is 27.2 Å². The summed E-state index contributed by atoms with van der Waals surface area (Å²) < 4.78 is 0. The number of nitrogens with one attached hydrogen (secondary N) is 1. The van der Waals surface area contributed by atoms with Gasteiger partial charge in [-0.25, -0.2) is 0 Å². The zero-order valence-electron chi connectivity index (χ0n) is 7.61. The van der Waals surface area contributed by atoms with Gasteiger partial charge in [-0.1, -0.05) is 11.6 Å².